The van der Waals surface area contributed by atoms with Crippen LogP contribution >= 0.6 is 18.2 Å². The molecule has 0 fully saturated rings. The first-order chi connectivity index (χ1) is 14.1. The lowest BCUT2D eigenvalue weighted by molar-refractivity contribution is 0.407. The fourth-order valence-corrected chi connectivity index (χ4v) is 4.33. The molecule has 144 valence electrons. The third-order valence-electron chi connectivity index (χ3n) is 4.36. The molecule has 4 rings (SSSR count). The predicted octanol–water partition coefficient (Wildman–Crippen LogP) is 7.83. The highest BCUT2D eigenvalue weighted by atomic mass is 35.7. The number of hydrogen-bond acceptors (Lipinski definition) is 3. The lowest BCUT2D eigenvalue weighted by Gasteiger charge is -2.18. The van der Waals surface area contributed by atoms with Crippen LogP contribution < -0.4 is 9.05 Å². The van der Waals surface area contributed by atoms with Gasteiger partial charge in [0.1, 0.15) is 11.5 Å². The van der Waals surface area contributed by atoms with Crippen LogP contribution in [0.25, 0.3) is 22.3 Å². The fourth-order valence-electron chi connectivity index (χ4n) is 3.06. The second-order valence-electron chi connectivity index (χ2n) is 6.34. The average Bonchev–Trinajstić information content (AvgIpc) is 2.75. The van der Waals surface area contributed by atoms with E-state index in [2.05, 4.69) is 0 Å². The highest BCUT2D eigenvalue weighted by Gasteiger charge is 2.27. The van der Waals surface area contributed by atoms with Crippen molar-refractivity contribution in [3.63, 3.8) is 0 Å². The standard InChI is InChI=1S/C24H18ClO3P/c25-29(26,27-23-17-9-7-15-21(23)19-11-3-1-4-12-19)28-24-18-10-8-16-22(24)20-13-5-2-6-14-20/h1-18H. The molecule has 0 radical (unpaired) electrons. The lowest BCUT2D eigenvalue weighted by atomic mass is 10.1. The molecule has 0 saturated carbocycles. The Bertz CT molecular complexity index is 1060. The molecule has 0 N–H and O–H groups in total. The van der Waals surface area contributed by atoms with E-state index in [0.29, 0.717) is 11.5 Å². The zero-order valence-electron chi connectivity index (χ0n) is 15.4. The first-order valence-corrected chi connectivity index (χ1v) is 11.5. The number of hydrogen-bond donors (Lipinski definition) is 0. The van der Waals surface area contributed by atoms with E-state index in [1.54, 1.807) is 24.3 Å². The van der Waals surface area contributed by atoms with Crippen molar-refractivity contribution in [2.75, 3.05) is 0 Å². The smallest absolute Gasteiger partial charge is 0.404 e. The van der Waals surface area contributed by atoms with Crippen molar-refractivity contribution in [2.45, 2.75) is 0 Å². The summed E-state index contributed by atoms with van der Waals surface area (Å²) in [5.74, 6) is 0.795. The van der Waals surface area contributed by atoms with Crippen LogP contribution in [0.15, 0.2) is 109 Å². The van der Waals surface area contributed by atoms with Gasteiger partial charge >= 0.3 is 6.95 Å². The van der Waals surface area contributed by atoms with Gasteiger partial charge in [0.05, 0.1) is 0 Å². The number of rotatable bonds is 6. The van der Waals surface area contributed by atoms with E-state index in [1.165, 1.54) is 0 Å². The topological polar surface area (TPSA) is 35.5 Å². The quantitative estimate of drug-likeness (QED) is 0.298. The molecular formula is C24H18ClO3P. The minimum Gasteiger partial charge on any atom is -0.404 e. The van der Waals surface area contributed by atoms with Crippen molar-refractivity contribution >= 4 is 18.2 Å². The van der Waals surface area contributed by atoms with Crippen LogP contribution in [-0.2, 0) is 4.57 Å². The minimum atomic E-state index is -3.96. The molecule has 4 aromatic carbocycles. The zero-order valence-corrected chi connectivity index (χ0v) is 17.1. The Labute approximate surface area is 174 Å². The third kappa shape index (κ3) is 4.71. The molecule has 0 bridgehead atoms. The average molecular weight is 421 g/mol. The van der Waals surface area contributed by atoms with Crippen LogP contribution in [-0.4, -0.2) is 0 Å². The first-order valence-electron chi connectivity index (χ1n) is 9.10. The maximum atomic E-state index is 13.0. The Hall–Kier alpha value is -3.00. The van der Waals surface area contributed by atoms with Gasteiger partial charge in [0, 0.05) is 22.4 Å². The van der Waals surface area contributed by atoms with Crippen LogP contribution in [0.3, 0.4) is 0 Å². The highest BCUT2D eigenvalue weighted by molar-refractivity contribution is 7.82. The Balaban J connectivity index is 1.63. The van der Waals surface area contributed by atoms with Gasteiger partial charge in [-0.1, -0.05) is 97.1 Å². The summed E-state index contributed by atoms with van der Waals surface area (Å²) in [6.45, 7) is -3.96. The molecule has 4 aromatic rings. The van der Waals surface area contributed by atoms with E-state index >= 15 is 0 Å². The molecule has 29 heavy (non-hydrogen) atoms. The van der Waals surface area contributed by atoms with E-state index in [9.17, 15) is 4.57 Å². The molecule has 0 aliphatic carbocycles. The molecule has 5 heteroatoms. The van der Waals surface area contributed by atoms with Gasteiger partial charge in [0.25, 0.3) is 0 Å². The summed E-state index contributed by atoms with van der Waals surface area (Å²) in [4.78, 5) is 0. The first kappa shape index (κ1) is 19.3. The van der Waals surface area contributed by atoms with Crippen molar-refractivity contribution < 1.29 is 13.6 Å². The van der Waals surface area contributed by atoms with Crippen LogP contribution in [0.2, 0.25) is 0 Å². The van der Waals surface area contributed by atoms with Gasteiger partial charge < -0.3 is 9.05 Å². The monoisotopic (exact) mass is 420 g/mol. The van der Waals surface area contributed by atoms with E-state index in [4.69, 9.17) is 20.3 Å². The van der Waals surface area contributed by atoms with Crippen molar-refractivity contribution in [2.24, 2.45) is 0 Å². The largest absolute Gasteiger partial charge is 0.530 e. The predicted molar refractivity (Wildman–Crippen MR) is 118 cm³/mol. The lowest BCUT2D eigenvalue weighted by Crippen LogP contribution is -1.98. The highest BCUT2D eigenvalue weighted by Crippen LogP contribution is 2.55. The van der Waals surface area contributed by atoms with Crippen molar-refractivity contribution in [1.82, 2.24) is 0 Å². The van der Waals surface area contributed by atoms with Crippen LogP contribution in [0, 0.1) is 0 Å². The van der Waals surface area contributed by atoms with E-state index in [1.807, 2.05) is 84.9 Å². The van der Waals surface area contributed by atoms with E-state index in [-0.39, 0.29) is 0 Å². The molecule has 3 nitrogen and oxygen atoms in total. The van der Waals surface area contributed by atoms with Gasteiger partial charge in [0.2, 0.25) is 0 Å². The second kappa shape index (κ2) is 8.57. The Morgan fingerprint density at radius 1 is 0.517 bits per heavy atom. The summed E-state index contributed by atoms with van der Waals surface area (Å²) in [5.41, 5.74) is 3.44. The minimum absolute atomic E-state index is 0.397. The molecule has 0 spiro atoms. The maximum absolute atomic E-state index is 13.0. The molecule has 0 aliphatic rings. The summed E-state index contributed by atoms with van der Waals surface area (Å²) in [6.07, 6.45) is 0. The van der Waals surface area contributed by atoms with Crippen LogP contribution in [0.1, 0.15) is 0 Å². The van der Waals surface area contributed by atoms with Crippen LogP contribution in [0.4, 0.5) is 0 Å². The van der Waals surface area contributed by atoms with Gasteiger partial charge in [-0.3, -0.25) is 0 Å². The Morgan fingerprint density at radius 3 is 1.28 bits per heavy atom. The number of benzene rings is 4. The molecule has 0 atom stereocenters. The molecule has 0 unspecified atom stereocenters. The van der Waals surface area contributed by atoms with Crippen molar-refractivity contribution in [3.8, 4) is 33.8 Å². The molecule has 0 aliphatic heterocycles. The molecule has 0 aromatic heterocycles. The fraction of sp³-hybridized carbons (Fsp3) is 0. The second-order valence-corrected chi connectivity index (χ2v) is 8.81. The van der Waals surface area contributed by atoms with Crippen molar-refractivity contribution in [3.05, 3.63) is 109 Å². The van der Waals surface area contributed by atoms with Gasteiger partial charge in [-0.2, -0.15) is 0 Å². The van der Waals surface area contributed by atoms with Crippen molar-refractivity contribution in [1.29, 1.82) is 0 Å². The number of halogens is 1. The van der Waals surface area contributed by atoms with Gasteiger partial charge in [-0.05, 0) is 23.3 Å². The molecule has 0 saturated heterocycles. The van der Waals surface area contributed by atoms with Gasteiger partial charge in [-0.25, -0.2) is 4.57 Å². The summed E-state index contributed by atoms with van der Waals surface area (Å²) < 4.78 is 24.4. The SMILES string of the molecule is O=P(Cl)(Oc1ccccc1-c1ccccc1)Oc1ccccc1-c1ccccc1. The number of para-hydroxylation sites is 2. The maximum Gasteiger partial charge on any atom is 0.530 e. The summed E-state index contributed by atoms with van der Waals surface area (Å²) in [6, 6.07) is 34.0. The van der Waals surface area contributed by atoms with Gasteiger partial charge in [0.15, 0.2) is 0 Å². The summed E-state index contributed by atoms with van der Waals surface area (Å²) in [7, 11) is 0. The normalized spacial score (nSPS) is 11.1. The van der Waals surface area contributed by atoms with E-state index in [0.717, 1.165) is 22.3 Å². The zero-order chi connectivity index (χ0) is 20.1. The molecule has 0 heterocycles. The van der Waals surface area contributed by atoms with Crippen LogP contribution in [0.5, 0.6) is 11.5 Å². The summed E-state index contributed by atoms with van der Waals surface area (Å²) >= 11 is 6.24. The van der Waals surface area contributed by atoms with Gasteiger partial charge in [-0.15, -0.1) is 0 Å². The van der Waals surface area contributed by atoms with E-state index < -0.39 is 6.95 Å². The molecular weight excluding hydrogens is 403 g/mol. The molecule has 0 amide bonds. The Morgan fingerprint density at radius 2 is 0.862 bits per heavy atom. The Kier molecular flexibility index (Phi) is 5.71. The third-order valence-corrected chi connectivity index (χ3v) is 5.60. The summed E-state index contributed by atoms with van der Waals surface area (Å²) in [5, 5.41) is 0.